The van der Waals surface area contributed by atoms with Crippen LogP contribution in [0.1, 0.15) is 155 Å². The molecule has 0 aliphatic heterocycles. The summed E-state index contributed by atoms with van der Waals surface area (Å²) in [5, 5.41) is 0. The number of ether oxygens (including phenoxy) is 2. The molecule has 0 bridgehead atoms. The van der Waals surface area contributed by atoms with Crippen molar-refractivity contribution in [3.8, 4) is 0 Å². The van der Waals surface area contributed by atoms with Crippen molar-refractivity contribution in [2.75, 3.05) is 13.2 Å². The maximum absolute atomic E-state index is 12.3. The number of rotatable bonds is 32. The summed E-state index contributed by atoms with van der Waals surface area (Å²) < 4.78 is 26.2. The van der Waals surface area contributed by atoms with Gasteiger partial charge in [-0.15, -0.1) is 0 Å². The van der Waals surface area contributed by atoms with Crippen molar-refractivity contribution in [2.24, 2.45) is 0 Å². The molecule has 0 aliphatic carbocycles. The van der Waals surface area contributed by atoms with Crippen LogP contribution in [0.15, 0.2) is 48.6 Å². The van der Waals surface area contributed by atoms with E-state index in [1.165, 1.54) is 44.9 Å². The minimum Gasteiger partial charge on any atom is -0.462 e. The van der Waals surface area contributed by atoms with E-state index in [0.29, 0.717) is 12.8 Å². The first-order chi connectivity index (χ1) is 22.3. The molecule has 0 saturated carbocycles. The number of phosphoric ester groups is 1. The highest BCUT2D eigenvalue weighted by Gasteiger charge is 2.22. The van der Waals surface area contributed by atoms with E-state index in [2.05, 4.69) is 67.0 Å². The zero-order valence-electron chi connectivity index (χ0n) is 29.0. The number of allylic oxidation sites excluding steroid dienone is 8. The lowest BCUT2D eigenvalue weighted by Crippen LogP contribution is -2.29. The lowest BCUT2D eigenvalue weighted by molar-refractivity contribution is -0.161. The van der Waals surface area contributed by atoms with E-state index in [9.17, 15) is 14.2 Å². The molecule has 9 heteroatoms. The molecule has 0 rings (SSSR count). The van der Waals surface area contributed by atoms with Gasteiger partial charge in [-0.25, -0.2) is 4.57 Å². The zero-order valence-corrected chi connectivity index (χ0v) is 29.9. The SMILES string of the molecule is CCCCC/C=C\C/C=C\C/C=C\CCCCC(=O)OC[C@H](COP(=O)(O)O)OC(=O)CCCCCCC/C=C\CCCCCC. The molecule has 0 aromatic carbocycles. The average molecular weight is 669 g/mol. The van der Waals surface area contributed by atoms with Crippen LogP contribution in [0.3, 0.4) is 0 Å². The topological polar surface area (TPSA) is 119 Å². The van der Waals surface area contributed by atoms with Crippen LogP contribution in [-0.2, 0) is 28.2 Å². The molecule has 0 saturated heterocycles. The van der Waals surface area contributed by atoms with Crippen molar-refractivity contribution >= 4 is 19.8 Å². The number of unbranched alkanes of at least 4 members (excludes halogenated alkanes) is 14. The lowest BCUT2D eigenvalue weighted by atomic mass is 10.1. The Kier molecular flexibility index (Phi) is 31.5. The third-order valence-electron chi connectivity index (χ3n) is 7.32. The van der Waals surface area contributed by atoms with Crippen LogP contribution in [0.2, 0.25) is 0 Å². The van der Waals surface area contributed by atoms with E-state index in [1.807, 2.05) is 0 Å². The summed E-state index contributed by atoms with van der Waals surface area (Å²) in [6.45, 7) is 3.57. The van der Waals surface area contributed by atoms with Gasteiger partial charge in [0.25, 0.3) is 0 Å². The van der Waals surface area contributed by atoms with Crippen molar-refractivity contribution in [2.45, 2.75) is 161 Å². The van der Waals surface area contributed by atoms with Gasteiger partial charge in [0, 0.05) is 12.8 Å². The molecule has 0 amide bonds. The summed E-state index contributed by atoms with van der Waals surface area (Å²) in [5.41, 5.74) is 0. The van der Waals surface area contributed by atoms with Gasteiger partial charge in [-0.3, -0.25) is 14.1 Å². The molecule has 46 heavy (non-hydrogen) atoms. The summed E-state index contributed by atoms with van der Waals surface area (Å²) in [7, 11) is -4.76. The molecule has 0 spiro atoms. The minimum absolute atomic E-state index is 0.192. The molecule has 2 N–H and O–H groups in total. The molecule has 1 atom stereocenters. The maximum Gasteiger partial charge on any atom is 0.469 e. The number of hydrogen-bond donors (Lipinski definition) is 2. The third-order valence-corrected chi connectivity index (χ3v) is 7.81. The molecule has 0 aromatic heterocycles. The molecular formula is C37H65O8P. The Morgan fingerprint density at radius 1 is 0.565 bits per heavy atom. The number of hydrogen-bond acceptors (Lipinski definition) is 6. The average Bonchev–Trinajstić information content (AvgIpc) is 3.02. The molecule has 266 valence electrons. The number of carbonyl (C=O) groups is 2. The van der Waals surface area contributed by atoms with Gasteiger partial charge in [0.1, 0.15) is 6.61 Å². The predicted molar refractivity (Wildman–Crippen MR) is 188 cm³/mol. The van der Waals surface area contributed by atoms with Crippen LogP contribution in [-0.4, -0.2) is 41.0 Å². The Hall–Kier alpha value is -1.99. The Balaban J connectivity index is 4.09. The van der Waals surface area contributed by atoms with Gasteiger partial charge in [0.15, 0.2) is 6.10 Å². The Labute approximate surface area is 280 Å². The predicted octanol–water partition coefficient (Wildman–Crippen LogP) is 10.4. The maximum atomic E-state index is 12.3. The van der Waals surface area contributed by atoms with E-state index >= 15 is 0 Å². The van der Waals surface area contributed by atoms with E-state index in [4.69, 9.17) is 19.3 Å². The summed E-state index contributed by atoms with van der Waals surface area (Å²) in [4.78, 5) is 42.6. The fraction of sp³-hybridized carbons (Fsp3) is 0.730. The Morgan fingerprint density at radius 3 is 1.57 bits per heavy atom. The molecule has 0 heterocycles. The largest absolute Gasteiger partial charge is 0.469 e. The van der Waals surface area contributed by atoms with E-state index in [-0.39, 0.29) is 19.4 Å². The first-order valence-electron chi connectivity index (χ1n) is 17.9. The van der Waals surface area contributed by atoms with Crippen LogP contribution in [0.5, 0.6) is 0 Å². The zero-order chi connectivity index (χ0) is 34.0. The van der Waals surface area contributed by atoms with Gasteiger partial charge in [0.2, 0.25) is 0 Å². The van der Waals surface area contributed by atoms with Crippen molar-refractivity contribution < 1.29 is 37.9 Å². The number of phosphoric acid groups is 1. The molecule has 0 unspecified atom stereocenters. The van der Waals surface area contributed by atoms with Gasteiger partial charge in [-0.05, 0) is 77.0 Å². The fourth-order valence-electron chi connectivity index (χ4n) is 4.61. The van der Waals surface area contributed by atoms with Crippen LogP contribution < -0.4 is 0 Å². The van der Waals surface area contributed by atoms with Crippen molar-refractivity contribution in [1.29, 1.82) is 0 Å². The third kappa shape index (κ3) is 34.9. The molecule has 8 nitrogen and oxygen atoms in total. The minimum atomic E-state index is -4.76. The molecular weight excluding hydrogens is 603 g/mol. The van der Waals surface area contributed by atoms with Gasteiger partial charge in [-0.2, -0.15) is 0 Å². The summed E-state index contributed by atoms with van der Waals surface area (Å²) in [5.74, 6) is -0.944. The molecule has 0 fully saturated rings. The first-order valence-corrected chi connectivity index (χ1v) is 19.5. The monoisotopic (exact) mass is 668 g/mol. The highest BCUT2D eigenvalue weighted by atomic mass is 31.2. The van der Waals surface area contributed by atoms with Gasteiger partial charge < -0.3 is 19.3 Å². The second-order valence-corrected chi connectivity index (χ2v) is 13.1. The quantitative estimate of drug-likeness (QED) is 0.0315. The first kappa shape index (κ1) is 44.0. The summed E-state index contributed by atoms with van der Waals surface area (Å²) in [6, 6.07) is 0. The molecule has 0 radical (unpaired) electrons. The lowest BCUT2D eigenvalue weighted by Gasteiger charge is -2.18. The van der Waals surface area contributed by atoms with Gasteiger partial charge >= 0.3 is 19.8 Å². The van der Waals surface area contributed by atoms with Gasteiger partial charge in [-0.1, -0.05) is 114 Å². The molecule has 0 aromatic rings. The van der Waals surface area contributed by atoms with E-state index < -0.39 is 32.5 Å². The smallest absolute Gasteiger partial charge is 0.462 e. The van der Waals surface area contributed by atoms with Crippen molar-refractivity contribution in [3.63, 3.8) is 0 Å². The van der Waals surface area contributed by atoms with Crippen LogP contribution >= 0.6 is 7.82 Å². The Bertz CT molecular complexity index is 890. The normalized spacial score (nSPS) is 13.0. The van der Waals surface area contributed by atoms with Crippen molar-refractivity contribution in [3.05, 3.63) is 48.6 Å². The van der Waals surface area contributed by atoms with Crippen molar-refractivity contribution in [1.82, 2.24) is 0 Å². The van der Waals surface area contributed by atoms with E-state index in [1.54, 1.807) is 0 Å². The summed E-state index contributed by atoms with van der Waals surface area (Å²) in [6.07, 6.45) is 38.3. The molecule has 0 aliphatic rings. The number of esters is 2. The second kappa shape index (κ2) is 32.9. The highest BCUT2D eigenvalue weighted by Crippen LogP contribution is 2.35. The standard InChI is InChI=1S/C37H65O8P/c1-3-5-7-9-11-13-15-17-18-20-21-23-25-27-29-31-36(38)43-33-35(34-44-46(40,41)42)45-37(39)32-30-28-26-24-22-19-16-14-12-10-8-6-4-2/h11,13-14,16-18,21,23,35H,3-10,12,15,19-20,22,24-34H2,1-2H3,(H2,40,41,42)/b13-11-,16-14-,18-17-,23-21-/t35-/m1/s1. The van der Waals surface area contributed by atoms with Crippen LogP contribution in [0.25, 0.3) is 0 Å². The summed E-state index contributed by atoms with van der Waals surface area (Å²) >= 11 is 0. The Morgan fingerprint density at radius 2 is 0.978 bits per heavy atom. The van der Waals surface area contributed by atoms with Gasteiger partial charge in [0.05, 0.1) is 6.61 Å². The fourth-order valence-corrected chi connectivity index (χ4v) is 4.97. The van der Waals surface area contributed by atoms with E-state index in [0.717, 1.165) is 70.6 Å². The van der Waals surface area contributed by atoms with Crippen LogP contribution in [0.4, 0.5) is 0 Å². The van der Waals surface area contributed by atoms with Crippen LogP contribution in [0, 0.1) is 0 Å². The second-order valence-electron chi connectivity index (χ2n) is 11.8. The highest BCUT2D eigenvalue weighted by molar-refractivity contribution is 7.46. The number of carbonyl (C=O) groups excluding carboxylic acids is 2.